The van der Waals surface area contributed by atoms with Crippen LogP contribution in [0.15, 0.2) is 31.9 Å². The minimum absolute atomic E-state index is 0.0117. The van der Waals surface area contributed by atoms with E-state index in [4.69, 9.17) is 9.15 Å². The van der Waals surface area contributed by atoms with E-state index in [0.717, 1.165) is 11.8 Å². The van der Waals surface area contributed by atoms with Gasteiger partial charge in [0.15, 0.2) is 5.03 Å². The average Bonchev–Trinajstić information content (AvgIpc) is 2.90. The average molecular weight is 310 g/mol. The maximum Gasteiger partial charge on any atom is 0.396 e. The van der Waals surface area contributed by atoms with Crippen molar-refractivity contribution in [3.8, 4) is 0 Å². The number of esters is 1. The zero-order valence-corrected chi connectivity index (χ0v) is 12.6. The van der Waals surface area contributed by atoms with E-state index in [1.165, 1.54) is 10.8 Å². The molecule has 0 amide bonds. The van der Waals surface area contributed by atoms with Crippen LogP contribution in [0.25, 0.3) is 0 Å². The SMILES string of the molecule is CCOC(=O)c1nnc(Sc2nccn(C(C)C)c2=O)o1. The largest absolute Gasteiger partial charge is 0.459 e. The fourth-order valence-corrected chi connectivity index (χ4v) is 2.17. The van der Waals surface area contributed by atoms with Crippen LogP contribution in [0.3, 0.4) is 0 Å². The first-order valence-electron chi connectivity index (χ1n) is 6.28. The third-order valence-corrected chi connectivity index (χ3v) is 3.25. The zero-order chi connectivity index (χ0) is 15.4. The predicted molar refractivity (Wildman–Crippen MR) is 73.3 cm³/mol. The monoisotopic (exact) mass is 310 g/mol. The highest BCUT2D eigenvalue weighted by Crippen LogP contribution is 2.22. The number of carbonyl (C=O) groups excluding carboxylic acids is 1. The molecule has 0 spiro atoms. The van der Waals surface area contributed by atoms with E-state index in [-0.39, 0.29) is 34.3 Å². The minimum Gasteiger partial charge on any atom is -0.459 e. The Labute approximate surface area is 124 Å². The van der Waals surface area contributed by atoms with Gasteiger partial charge in [0, 0.05) is 18.4 Å². The van der Waals surface area contributed by atoms with Crippen LogP contribution < -0.4 is 5.56 Å². The van der Waals surface area contributed by atoms with Crippen LogP contribution in [0.1, 0.15) is 37.5 Å². The van der Waals surface area contributed by atoms with Gasteiger partial charge in [-0.15, -0.1) is 5.10 Å². The van der Waals surface area contributed by atoms with Gasteiger partial charge in [-0.1, -0.05) is 5.10 Å². The number of hydrogen-bond acceptors (Lipinski definition) is 8. The van der Waals surface area contributed by atoms with Gasteiger partial charge in [0.2, 0.25) is 0 Å². The van der Waals surface area contributed by atoms with Gasteiger partial charge in [0.1, 0.15) is 0 Å². The van der Waals surface area contributed by atoms with E-state index in [9.17, 15) is 9.59 Å². The maximum absolute atomic E-state index is 12.2. The summed E-state index contributed by atoms with van der Waals surface area (Å²) in [6.45, 7) is 5.66. The van der Waals surface area contributed by atoms with Crippen molar-refractivity contribution in [1.29, 1.82) is 0 Å². The number of nitrogens with zero attached hydrogens (tertiary/aromatic N) is 4. The topological polar surface area (TPSA) is 100 Å². The van der Waals surface area contributed by atoms with Gasteiger partial charge in [-0.3, -0.25) is 4.79 Å². The molecule has 0 unspecified atom stereocenters. The lowest BCUT2D eigenvalue weighted by Crippen LogP contribution is -2.23. The fourth-order valence-electron chi connectivity index (χ4n) is 1.49. The Morgan fingerprint density at radius 3 is 2.90 bits per heavy atom. The Hall–Kier alpha value is -2.16. The third-order valence-electron chi connectivity index (χ3n) is 2.43. The van der Waals surface area contributed by atoms with E-state index < -0.39 is 5.97 Å². The smallest absolute Gasteiger partial charge is 0.396 e. The second-order valence-electron chi connectivity index (χ2n) is 4.23. The molecule has 0 aliphatic carbocycles. The summed E-state index contributed by atoms with van der Waals surface area (Å²) >= 11 is 0.910. The molecule has 0 aromatic carbocycles. The minimum atomic E-state index is -0.697. The van der Waals surface area contributed by atoms with E-state index >= 15 is 0 Å². The summed E-state index contributed by atoms with van der Waals surface area (Å²) in [5, 5.41) is 7.52. The maximum atomic E-state index is 12.2. The van der Waals surface area contributed by atoms with Crippen molar-refractivity contribution >= 4 is 17.7 Å². The van der Waals surface area contributed by atoms with E-state index in [0.29, 0.717) is 0 Å². The van der Waals surface area contributed by atoms with Gasteiger partial charge in [-0.05, 0) is 32.5 Å². The van der Waals surface area contributed by atoms with E-state index in [1.807, 2.05) is 13.8 Å². The molecule has 9 heteroatoms. The molecule has 0 fully saturated rings. The summed E-state index contributed by atoms with van der Waals surface area (Å²) in [5.41, 5.74) is -0.256. The van der Waals surface area contributed by atoms with Crippen molar-refractivity contribution in [2.75, 3.05) is 6.61 Å². The molecule has 2 aromatic heterocycles. The number of aromatic nitrogens is 4. The number of rotatable bonds is 5. The molecule has 0 radical (unpaired) electrons. The first-order chi connectivity index (χ1) is 10.0. The molecule has 8 nitrogen and oxygen atoms in total. The van der Waals surface area contributed by atoms with Gasteiger partial charge in [-0.25, -0.2) is 9.78 Å². The van der Waals surface area contributed by atoms with Crippen molar-refractivity contribution in [3.05, 3.63) is 28.6 Å². The van der Waals surface area contributed by atoms with Crippen LogP contribution in [0.4, 0.5) is 0 Å². The first-order valence-corrected chi connectivity index (χ1v) is 7.10. The molecule has 2 heterocycles. The molecule has 0 atom stereocenters. The highest BCUT2D eigenvalue weighted by atomic mass is 32.2. The van der Waals surface area contributed by atoms with Crippen molar-refractivity contribution in [1.82, 2.24) is 19.7 Å². The van der Waals surface area contributed by atoms with Crippen LogP contribution in [0.2, 0.25) is 0 Å². The second-order valence-corrected chi connectivity index (χ2v) is 5.17. The Balaban J connectivity index is 2.21. The van der Waals surface area contributed by atoms with Gasteiger partial charge < -0.3 is 13.7 Å². The van der Waals surface area contributed by atoms with Crippen LogP contribution >= 0.6 is 11.8 Å². The van der Waals surface area contributed by atoms with Crippen LogP contribution in [0.5, 0.6) is 0 Å². The lowest BCUT2D eigenvalue weighted by atomic mass is 10.4. The van der Waals surface area contributed by atoms with Gasteiger partial charge in [0.05, 0.1) is 6.61 Å². The predicted octanol–water partition coefficient (Wildman–Crippen LogP) is 1.54. The molecule has 0 aliphatic rings. The first kappa shape index (κ1) is 15.2. The molecule has 2 rings (SSSR count). The fraction of sp³-hybridized carbons (Fsp3) is 0.417. The number of carbonyl (C=O) groups is 1. The summed E-state index contributed by atoms with van der Waals surface area (Å²) in [6, 6.07) is 0.0117. The number of ether oxygens (including phenoxy) is 1. The van der Waals surface area contributed by atoms with Gasteiger partial charge >= 0.3 is 11.9 Å². The summed E-state index contributed by atoms with van der Waals surface area (Å²) in [7, 11) is 0. The summed E-state index contributed by atoms with van der Waals surface area (Å²) in [5.74, 6) is -0.947. The van der Waals surface area contributed by atoms with Crippen LogP contribution in [0, 0.1) is 0 Å². The van der Waals surface area contributed by atoms with Crippen LogP contribution in [-0.4, -0.2) is 32.3 Å². The molecule has 0 saturated carbocycles. The molecule has 112 valence electrons. The van der Waals surface area contributed by atoms with Crippen molar-refractivity contribution in [2.45, 2.75) is 37.1 Å². The molecule has 0 bridgehead atoms. The highest BCUT2D eigenvalue weighted by molar-refractivity contribution is 7.99. The third kappa shape index (κ3) is 3.48. The van der Waals surface area contributed by atoms with Crippen molar-refractivity contribution in [2.24, 2.45) is 0 Å². The normalized spacial score (nSPS) is 10.9. The lowest BCUT2D eigenvalue weighted by Gasteiger charge is -2.09. The Kier molecular flexibility index (Phi) is 4.73. The highest BCUT2D eigenvalue weighted by Gasteiger charge is 2.18. The van der Waals surface area contributed by atoms with Crippen molar-refractivity contribution in [3.63, 3.8) is 0 Å². The molecular weight excluding hydrogens is 296 g/mol. The van der Waals surface area contributed by atoms with E-state index in [2.05, 4.69) is 15.2 Å². The standard InChI is InChI=1S/C12H14N4O4S/c1-4-19-11(18)8-14-15-12(20-8)21-9-10(17)16(7(2)3)6-5-13-9/h5-7H,4H2,1-3H3. The van der Waals surface area contributed by atoms with Crippen LogP contribution in [-0.2, 0) is 4.74 Å². The molecule has 0 saturated heterocycles. The quantitative estimate of drug-likeness (QED) is 0.766. The summed E-state index contributed by atoms with van der Waals surface area (Å²) in [6.07, 6.45) is 3.13. The molecule has 0 N–H and O–H groups in total. The summed E-state index contributed by atoms with van der Waals surface area (Å²) < 4.78 is 11.4. The molecule has 0 aliphatic heterocycles. The lowest BCUT2D eigenvalue weighted by molar-refractivity contribution is 0.0475. The van der Waals surface area contributed by atoms with Gasteiger partial charge in [-0.2, -0.15) is 0 Å². The van der Waals surface area contributed by atoms with Gasteiger partial charge in [0.25, 0.3) is 10.8 Å². The molecular formula is C12H14N4O4S. The number of hydrogen-bond donors (Lipinski definition) is 0. The Morgan fingerprint density at radius 1 is 1.48 bits per heavy atom. The Bertz CT molecular complexity index is 695. The van der Waals surface area contributed by atoms with E-state index in [1.54, 1.807) is 13.1 Å². The zero-order valence-electron chi connectivity index (χ0n) is 11.8. The Morgan fingerprint density at radius 2 is 2.24 bits per heavy atom. The summed E-state index contributed by atoms with van der Waals surface area (Å²) in [4.78, 5) is 27.6. The molecule has 2 aromatic rings. The second kappa shape index (κ2) is 6.53. The molecule has 21 heavy (non-hydrogen) atoms. The van der Waals surface area contributed by atoms with Crippen molar-refractivity contribution < 1.29 is 13.9 Å².